The highest BCUT2D eigenvalue weighted by Crippen LogP contribution is 2.21. The molecule has 0 amide bonds. The Morgan fingerprint density at radius 1 is 1.40 bits per heavy atom. The molecule has 4 nitrogen and oxygen atoms in total. The number of nitrogens with one attached hydrogen (secondary N) is 1. The molecule has 0 fully saturated rings. The van der Waals surface area contributed by atoms with E-state index in [0.29, 0.717) is 6.42 Å². The van der Waals surface area contributed by atoms with Gasteiger partial charge in [-0.2, -0.15) is 0 Å². The number of carbonyl (C=O) groups is 1. The van der Waals surface area contributed by atoms with Crippen molar-refractivity contribution in [2.75, 3.05) is 12.0 Å². The lowest BCUT2D eigenvalue weighted by Gasteiger charge is -2.10. The molecule has 0 aliphatic rings. The first-order valence-corrected chi connectivity index (χ1v) is 4.86. The maximum Gasteiger partial charge on any atom is 0.310 e. The van der Waals surface area contributed by atoms with Crippen molar-refractivity contribution < 1.29 is 15.0 Å². The molecule has 0 saturated heterocycles. The maximum absolute atomic E-state index is 10.9. The van der Waals surface area contributed by atoms with E-state index in [2.05, 4.69) is 5.32 Å². The second-order valence-corrected chi connectivity index (χ2v) is 3.26. The Balaban J connectivity index is 2.82. The maximum atomic E-state index is 10.9. The summed E-state index contributed by atoms with van der Waals surface area (Å²) in [5.74, 6) is -1.26. The van der Waals surface area contributed by atoms with Crippen LogP contribution in [0.3, 0.4) is 0 Å². The van der Waals surface area contributed by atoms with Crippen molar-refractivity contribution in [3.8, 4) is 0 Å². The molecule has 1 atom stereocenters. The average molecular weight is 209 g/mol. The van der Waals surface area contributed by atoms with E-state index in [9.17, 15) is 4.79 Å². The van der Waals surface area contributed by atoms with Crippen LogP contribution < -0.4 is 5.32 Å². The Hall–Kier alpha value is -1.55. The molecule has 0 aromatic heterocycles. The Morgan fingerprint density at radius 2 is 2.00 bits per heavy atom. The zero-order valence-electron chi connectivity index (χ0n) is 8.60. The van der Waals surface area contributed by atoms with Gasteiger partial charge in [0, 0.05) is 5.69 Å². The summed E-state index contributed by atoms with van der Waals surface area (Å²) in [5.41, 5.74) is 1.56. The third kappa shape index (κ3) is 2.95. The standard InChI is InChI=1S/C11H15NO3/c1-2-10(11(14)15)8-3-5-9(6-4-8)12-7-13/h3-6,10,12-13H,2,7H2,1H3,(H,14,15). The summed E-state index contributed by atoms with van der Waals surface area (Å²) < 4.78 is 0. The van der Waals surface area contributed by atoms with Crippen molar-refractivity contribution in [3.63, 3.8) is 0 Å². The molecule has 1 unspecified atom stereocenters. The molecule has 1 aromatic rings. The third-order valence-electron chi connectivity index (χ3n) is 2.30. The Bertz CT molecular complexity index is 321. The number of hydrogen-bond donors (Lipinski definition) is 3. The summed E-state index contributed by atoms with van der Waals surface area (Å²) in [6.07, 6.45) is 0.572. The van der Waals surface area contributed by atoms with E-state index in [1.807, 2.05) is 6.92 Å². The van der Waals surface area contributed by atoms with Gasteiger partial charge in [-0.15, -0.1) is 0 Å². The van der Waals surface area contributed by atoms with Crippen molar-refractivity contribution in [2.45, 2.75) is 19.3 Å². The van der Waals surface area contributed by atoms with Gasteiger partial charge in [-0.1, -0.05) is 19.1 Å². The number of aliphatic carboxylic acids is 1. The lowest BCUT2D eigenvalue weighted by atomic mass is 9.96. The van der Waals surface area contributed by atoms with Crippen molar-refractivity contribution in [1.82, 2.24) is 0 Å². The largest absolute Gasteiger partial charge is 0.481 e. The molecular weight excluding hydrogens is 194 g/mol. The van der Waals surface area contributed by atoms with Crippen molar-refractivity contribution in [2.24, 2.45) is 0 Å². The van der Waals surface area contributed by atoms with Gasteiger partial charge in [0.1, 0.15) is 6.73 Å². The summed E-state index contributed by atoms with van der Waals surface area (Å²) in [4.78, 5) is 10.9. The summed E-state index contributed by atoms with van der Waals surface area (Å²) >= 11 is 0. The monoisotopic (exact) mass is 209 g/mol. The molecule has 0 radical (unpaired) electrons. The molecule has 0 aliphatic heterocycles. The highest BCUT2D eigenvalue weighted by molar-refractivity contribution is 5.76. The number of hydrogen-bond acceptors (Lipinski definition) is 3. The fourth-order valence-corrected chi connectivity index (χ4v) is 1.48. The zero-order chi connectivity index (χ0) is 11.3. The number of carboxylic acid groups (broad SMARTS) is 1. The predicted octanol–water partition coefficient (Wildman–Crippen LogP) is 1.63. The average Bonchev–Trinajstić information content (AvgIpc) is 2.21. The highest BCUT2D eigenvalue weighted by Gasteiger charge is 2.16. The van der Waals surface area contributed by atoms with Crippen molar-refractivity contribution >= 4 is 11.7 Å². The van der Waals surface area contributed by atoms with Gasteiger partial charge in [-0.25, -0.2) is 0 Å². The molecular formula is C11H15NO3. The number of benzene rings is 1. The zero-order valence-corrected chi connectivity index (χ0v) is 8.60. The first-order chi connectivity index (χ1) is 7.19. The van der Waals surface area contributed by atoms with Crippen LogP contribution in [0.15, 0.2) is 24.3 Å². The number of carboxylic acids is 1. The molecule has 3 N–H and O–H groups in total. The minimum Gasteiger partial charge on any atom is -0.481 e. The van der Waals surface area contributed by atoms with Crippen LogP contribution in [0.4, 0.5) is 5.69 Å². The molecule has 0 heterocycles. The second-order valence-electron chi connectivity index (χ2n) is 3.26. The van der Waals surface area contributed by atoms with E-state index in [0.717, 1.165) is 11.3 Å². The predicted molar refractivity (Wildman–Crippen MR) is 57.8 cm³/mol. The number of aliphatic hydroxyl groups is 1. The quantitative estimate of drug-likeness (QED) is 0.644. The molecule has 0 bridgehead atoms. The van der Waals surface area contributed by atoms with Crippen LogP contribution in [0.1, 0.15) is 24.8 Å². The van der Waals surface area contributed by atoms with Gasteiger partial charge in [0.2, 0.25) is 0 Å². The van der Waals surface area contributed by atoms with E-state index in [1.54, 1.807) is 24.3 Å². The number of aliphatic hydroxyl groups excluding tert-OH is 1. The van der Waals surface area contributed by atoms with Crippen LogP contribution in [0.5, 0.6) is 0 Å². The minimum atomic E-state index is -0.805. The van der Waals surface area contributed by atoms with E-state index >= 15 is 0 Å². The first kappa shape index (κ1) is 11.5. The third-order valence-corrected chi connectivity index (χ3v) is 2.30. The topological polar surface area (TPSA) is 69.6 Å². The van der Waals surface area contributed by atoms with E-state index in [-0.39, 0.29) is 6.73 Å². The molecule has 0 aliphatic carbocycles. The van der Waals surface area contributed by atoms with Gasteiger partial charge in [-0.3, -0.25) is 4.79 Å². The summed E-state index contributed by atoms with van der Waals surface area (Å²) in [5, 5.41) is 20.3. The van der Waals surface area contributed by atoms with Gasteiger partial charge in [0.25, 0.3) is 0 Å². The molecule has 82 valence electrons. The fourth-order valence-electron chi connectivity index (χ4n) is 1.48. The van der Waals surface area contributed by atoms with Crippen LogP contribution in [0.25, 0.3) is 0 Å². The van der Waals surface area contributed by atoms with E-state index in [4.69, 9.17) is 10.2 Å². The van der Waals surface area contributed by atoms with E-state index in [1.165, 1.54) is 0 Å². The Kier molecular flexibility index (Phi) is 4.12. The van der Waals surface area contributed by atoms with Crippen LogP contribution in [0.2, 0.25) is 0 Å². The summed E-state index contributed by atoms with van der Waals surface area (Å²) in [7, 11) is 0. The Labute approximate surface area is 88.6 Å². The molecule has 15 heavy (non-hydrogen) atoms. The molecule has 0 saturated carbocycles. The summed E-state index contributed by atoms with van der Waals surface area (Å²) in [6.45, 7) is 1.72. The van der Waals surface area contributed by atoms with E-state index < -0.39 is 11.9 Å². The first-order valence-electron chi connectivity index (χ1n) is 4.86. The lowest BCUT2D eigenvalue weighted by Crippen LogP contribution is -2.10. The van der Waals surface area contributed by atoms with Gasteiger partial charge in [0.15, 0.2) is 0 Å². The highest BCUT2D eigenvalue weighted by atomic mass is 16.4. The molecule has 4 heteroatoms. The lowest BCUT2D eigenvalue weighted by molar-refractivity contribution is -0.138. The minimum absolute atomic E-state index is 0.129. The van der Waals surface area contributed by atoms with Crippen LogP contribution in [-0.2, 0) is 4.79 Å². The van der Waals surface area contributed by atoms with Gasteiger partial charge in [-0.05, 0) is 24.1 Å². The van der Waals surface area contributed by atoms with Crippen molar-refractivity contribution in [1.29, 1.82) is 0 Å². The SMILES string of the molecule is CCC(C(=O)O)c1ccc(NCO)cc1. The number of rotatable bonds is 5. The molecule has 0 spiro atoms. The molecule has 1 rings (SSSR count). The van der Waals surface area contributed by atoms with Crippen molar-refractivity contribution in [3.05, 3.63) is 29.8 Å². The molecule has 1 aromatic carbocycles. The summed E-state index contributed by atoms with van der Waals surface area (Å²) in [6, 6.07) is 7.05. The smallest absolute Gasteiger partial charge is 0.310 e. The van der Waals surface area contributed by atoms with Gasteiger partial charge in [0.05, 0.1) is 5.92 Å². The van der Waals surface area contributed by atoms with Crippen LogP contribution >= 0.6 is 0 Å². The van der Waals surface area contributed by atoms with Gasteiger partial charge >= 0.3 is 5.97 Å². The Morgan fingerprint density at radius 3 is 2.40 bits per heavy atom. The van der Waals surface area contributed by atoms with Crippen LogP contribution in [-0.4, -0.2) is 22.9 Å². The second kappa shape index (κ2) is 5.36. The van der Waals surface area contributed by atoms with Gasteiger partial charge < -0.3 is 15.5 Å². The normalized spacial score (nSPS) is 12.1. The fraction of sp³-hybridized carbons (Fsp3) is 0.364. The number of anilines is 1. The van der Waals surface area contributed by atoms with Crippen LogP contribution in [0, 0.1) is 0 Å².